The number of rotatable bonds is 5. The van der Waals surface area contributed by atoms with Crippen LogP contribution in [0, 0.1) is 16.7 Å². The lowest BCUT2D eigenvalue weighted by molar-refractivity contribution is 0.426. The first kappa shape index (κ1) is 13.9. The minimum atomic E-state index is -0.167. The second-order valence-corrected chi connectivity index (χ2v) is 6.17. The Morgan fingerprint density at radius 1 is 1.26 bits per heavy atom. The molecule has 19 heavy (non-hydrogen) atoms. The van der Waals surface area contributed by atoms with Crippen LogP contribution < -0.4 is 4.90 Å². The molecule has 1 aromatic carbocycles. The first-order chi connectivity index (χ1) is 9.12. The predicted octanol–water partition coefficient (Wildman–Crippen LogP) is 4.16. The lowest BCUT2D eigenvalue weighted by Gasteiger charge is -2.31. The quantitative estimate of drug-likeness (QED) is 0.740. The summed E-state index contributed by atoms with van der Waals surface area (Å²) in [5.41, 5.74) is 2.75. The molecule has 2 rings (SSSR count). The van der Waals surface area contributed by atoms with Gasteiger partial charge in [0.25, 0.3) is 0 Å². The summed E-state index contributed by atoms with van der Waals surface area (Å²) >= 11 is 0. The van der Waals surface area contributed by atoms with Gasteiger partial charge in [-0.15, -0.1) is 0 Å². The van der Waals surface area contributed by atoms with Crippen molar-refractivity contribution >= 4 is 5.69 Å². The number of nitrogens with zero attached hydrogens (tertiary/aromatic N) is 2. The largest absolute Gasteiger partial charge is 0.371 e. The molecule has 0 N–H and O–H groups in total. The van der Waals surface area contributed by atoms with Crippen LogP contribution in [0.4, 0.5) is 5.69 Å². The fourth-order valence-electron chi connectivity index (χ4n) is 2.77. The minimum Gasteiger partial charge on any atom is -0.371 e. The van der Waals surface area contributed by atoms with E-state index in [1.165, 1.54) is 37.1 Å². The van der Waals surface area contributed by atoms with Crippen molar-refractivity contribution in [1.29, 1.82) is 5.26 Å². The summed E-state index contributed by atoms with van der Waals surface area (Å²) < 4.78 is 0. The molecule has 0 saturated heterocycles. The van der Waals surface area contributed by atoms with Gasteiger partial charge in [-0.1, -0.05) is 24.6 Å². The number of unbranched alkanes of at least 4 members (excludes halogenated alkanes) is 1. The van der Waals surface area contributed by atoms with Gasteiger partial charge in [0.2, 0.25) is 0 Å². The number of hydrogen-bond acceptors (Lipinski definition) is 2. The van der Waals surface area contributed by atoms with E-state index in [1.807, 2.05) is 13.8 Å². The monoisotopic (exact) mass is 256 g/mol. The number of nitriles is 1. The Bertz CT molecular complexity index is 457. The highest BCUT2D eigenvalue weighted by Gasteiger charge is 2.18. The first-order valence-corrected chi connectivity index (χ1v) is 7.36. The number of fused-ring (bicyclic) bond motifs is 1. The van der Waals surface area contributed by atoms with Gasteiger partial charge < -0.3 is 4.90 Å². The molecule has 0 amide bonds. The third kappa shape index (κ3) is 3.73. The molecule has 0 unspecified atom stereocenters. The molecule has 0 fully saturated rings. The van der Waals surface area contributed by atoms with Gasteiger partial charge in [0.15, 0.2) is 0 Å². The maximum atomic E-state index is 9.01. The molecule has 0 spiro atoms. The van der Waals surface area contributed by atoms with Crippen molar-refractivity contribution in [2.75, 3.05) is 18.0 Å². The Morgan fingerprint density at radius 3 is 2.84 bits per heavy atom. The highest BCUT2D eigenvalue weighted by atomic mass is 15.1. The van der Waals surface area contributed by atoms with Gasteiger partial charge in [-0.2, -0.15) is 5.26 Å². The molecular weight excluding hydrogens is 232 g/mol. The van der Waals surface area contributed by atoms with E-state index >= 15 is 0 Å². The summed E-state index contributed by atoms with van der Waals surface area (Å²) in [5.74, 6) is 0. The van der Waals surface area contributed by atoms with Gasteiger partial charge in [-0.25, -0.2) is 0 Å². The minimum absolute atomic E-state index is 0.167. The van der Waals surface area contributed by atoms with Gasteiger partial charge in [0.1, 0.15) is 0 Å². The zero-order valence-corrected chi connectivity index (χ0v) is 12.2. The highest BCUT2D eigenvalue weighted by molar-refractivity contribution is 5.55. The van der Waals surface area contributed by atoms with Crippen molar-refractivity contribution in [1.82, 2.24) is 0 Å². The average molecular weight is 256 g/mol. The molecule has 1 aliphatic heterocycles. The molecule has 102 valence electrons. The SMILES string of the molecule is CC(C)(C#N)CCCCN1CCCc2ccccc21. The van der Waals surface area contributed by atoms with Crippen molar-refractivity contribution in [3.05, 3.63) is 29.8 Å². The third-order valence-electron chi connectivity index (χ3n) is 3.99. The predicted molar refractivity (Wildman–Crippen MR) is 80.2 cm³/mol. The van der Waals surface area contributed by atoms with Crippen LogP contribution >= 0.6 is 0 Å². The number of aryl methyl sites for hydroxylation is 1. The normalized spacial score (nSPS) is 14.9. The average Bonchev–Trinajstić information content (AvgIpc) is 2.44. The molecule has 0 saturated carbocycles. The molecule has 2 heteroatoms. The van der Waals surface area contributed by atoms with Gasteiger partial charge >= 0.3 is 0 Å². The summed E-state index contributed by atoms with van der Waals surface area (Å²) in [4.78, 5) is 2.51. The van der Waals surface area contributed by atoms with Crippen LogP contribution in [-0.2, 0) is 6.42 Å². The second kappa shape index (κ2) is 6.10. The van der Waals surface area contributed by atoms with Crippen LogP contribution in [0.3, 0.4) is 0 Å². The molecule has 1 heterocycles. The lowest BCUT2D eigenvalue weighted by atomic mass is 9.89. The molecular formula is C17H24N2. The topological polar surface area (TPSA) is 27.0 Å². The molecule has 0 aromatic heterocycles. The van der Waals surface area contributed by atoms with Gasteiger partial charge in [0.05, 0.1) is 11.5 Å². The van der Waals surface area contributed by atoms with Crippen LogP contribution in [0.25, 0.3) is 0 Å². The fourth-order valence-corrected chi connectivity index (χ4v) is 2.77. The summed E-state index contributed by atoms with van der Waals surface area (Å²) in [6, 6.07) is 11.1. The molecule has 1 aromatic rings. The fraction of sp³-hybridized carbons (Fsp3) is 0.588. The number of anilines is 1. The summed E-state index contributed by atoms with van der Waals surface area (Å²) in [7, 11) is 0. The Labute approximate surface area is 117 Å². The Balaban J connectivity index is 1.84. The van der Waals surface area contributed by atoms with E-state index in [9.17, 15) is 0 Å². The van der Waals surface area contributed by atoms with E-state index in [0.717, 1.165) is 19.4 Å². The van der Waals surface area contributed by atoms with E-state index < -0.39 is 0 Å². The van der Waals surface area contributed by atoms with E-state index in [4.69, 9.17) is 5.26 Å². The zero-order chi connectivity index (χ0) is 13.7. The van der Waals surface area contributed by atoms with E-state index in [2.05, 4.69) is 35.2 Å². The number of benzene rings is 1. The molecule has 0 atom stereocenters. The van der Waals surface area contributed by atoms with Crippen LogP contribution in [-0.4, -0.2) is 13.1 Å². The lowest BCUT2D eigenvalue weighted by Crippen LogP contribution is -2.30. The van der Waals surface area contributed by atoms with E-state index in [-0.39, 0.29) is 5.41 Å². The Morgan fingerprint density at radius 2 is 2.05 bits per heavy atom. The van der Waals surface area contributed by atoms with Crippen LogP contribution in [0.5, 0.6) is 0 Å². The summed E-state index contributed by atoms with van der Waals surface area (Å²) in [5, 5.41) is 9.01. The molecule has 1 aliphatic rings. The number of para-hydroxylation sites is 1. The summed E-state index contributed by atoms with van der Waals surface area (Å²) in [6.45, 7) is 6.36. The molecule has 0 aliphatic carbocycles. The summed E-state index contributed by atoms with van der Waals surface area (Å²) in [6.07, 6.45) is 5.80. The Hall–Kier alpha value is -1.49. The standard InChI is InChI=1S/C17H24N2/c1-17(2,14-18)11-5-6-12-19-13-7-9-15-8-3-4-10-16(15)19/h3-4,8,10H,5-7,9,11-13H2,1-2H3. The van der Waals surface area contributed by atoms with Gasteiger partial charge in [0, 0.05) is 18.8 Å². The molecule has 0 radical (unpaired) electrons. The molecule has 0 bridgehead atoms. The maximum Gasteiger partial charge on any atom is 0.0683 e. The third-order valence-corrected chi connectivity index (χ3v) is 3.99. The van der Waals surface area contributed by atoms with Gasteiger partial charge in [-0.3, -0.25) is 0 Å². The van der Waals surface area contributed by atoms with Gasteiger partial charge in [-0.05, 0) is 51.2 Å². The van der Waals surface area contributed by atoms with E-state index in [1.54, 1.807) is 0 Å². The maximum absolute atomic E-state index is 9.01. The number of hydrogen-bond donors (Lipinski definition) is 0. The molecule has 2 nitrogen and oxygen atoms in total. The van der Waals surface area contributed by atoms with E-state index in [0.29, 0.717) is 0 Å². The smallest absolute Gasteiger partial charge is 0.0683 e. The highest BCUT2D eigenvalue weighted by Crippen LogP contribution is 2.27. The second-order valence-electron chi connectivity index (χ2n) is 6.17. The van der Waals surface area contributed by atoms with Crippen molar-refractivity contribution in [3.8, 4) is 6.07 Å². The van der Waals surface area contributed by atoms with Crippen LogP contribution in [0.1, 0.15) is 45.1 Å². The van der Waals surface area contributed by atoms with Crippen molar-refractivity contribution in [2.45, 2.75) is 46.0 Å². The van der Waals surface area contributed by atoms with Crippen molar-refractivity contribution < 1.29 is 0 Å². The van der Waals surface area contributed by atoms with Crippen molar-refractivity contribution in [2.24, 2.45) is 5.41 Å². The van der Waals surface area contributed by atoms with Crippen LogP contribution in [0.15, 0.2) is 24.3 Å². The first-order valence-electron chi connectivity index (χ1n) is 7.36. The Kier molecular flexibility index (Phi) is 4.47. The zero-order valence-electron chi connectivity index (χ0n) is 12.2. The van der Waals surface area contributed by atoms with Crippen molar-refractivity contribution in [3.63, 3.8) is 0 Å². The van der Waals surface area contributed by atoms with Crippen LogP contribution in [0.2, 0.25) is 0 Å².